The van der Waals surface area contributed by atoms with Gasteiger partial charge in [0.25, 0.3) is 5.69 Å². The molecule has 0 unspecified atom stereocenters. The third-order valence-corrected chi connectivity index (χ3v) is 2.44. The van der Waals surface area contributed by atoms with Crippen LogP contribution in [-0.4, -0.2) is 14.9 Å². The SMILES string of the molecule is Cc1ccc([N+](=O)[O-])cc1-c1nc(N)cc(N)n1. The van der Waals surface area contributed by atoms with Crippen molar-refractivity contribution in [3.8, 4) is 11.4 Å². The van der Waals surface area contributed by atoms with E-state index in [1.54, 1.807) is 6.07 Å². The molecule has 0 saturated heterocycles. The number of non-ortho nitro benzene ring substituents is 1. The van der Waals surface area contributed by atoms with Crippen LogP contribution in [0.15, 0.2) is 24.3 Å². The van der Waals surface area contributed by atoms with Crippen LogP contribution in [0.3, 0.4) is 0 Å². The number of nitro groups is 1. The quantitative estimate of drug-likeness (QED) is 0.611. The lowest BCUT2D eigenvalue weighted by molar-refractivity contribution is -0.384. The lowest BCUT2D eigenvalue weighted by atomic mass is 10.1. The molecular formula is C11H11N5O2. The minimum absolute atomic E-state index is 0.0276. The van der Waals surface area contributed by atoms with E-state index in [1.807, 2.05) is 6.92 Å². The zero-order chi connectivity index (χ0) is 13.3. The van der Waals surface area contributed by atoms with Gasteiger partial charge in [-0.25, -0.2) is 9.97 Å². The highest BCUT2D eigenvalue weighted by Crippen LogP contribution is 2.26. The number of nitrogen functional groups attached to an aromatic ring is 2. The van der Waals surface area contributed by atoms with Crippen LogP contribution in [0.5, 0.6) is 0 Å². The van der Waals surface area contributed by atoms with E-state index < -0.39 is 4.92 Å². The van der Waals surface area contributed by atoms with Crippen molar-refractivity contribution in [3.63, 3.8) is 0 Å². The largest absolute Gasteiger partial charge is 0.384 e. The molecule has 1 aromatic heterocycles. The number of nitro benzene ring substituents is 1. The van der Waals surface area contributed by atoms with Crippen molar-refractivity contribution < 1.29 is 4.92 Å². The molecule has 18 heavy (non-hydrogen) atoms. The molecule has 2 rings (SSSR count). The van der Waals surface area contributed by atoms with E-state index in [4.69, 9.17) is 11.5 Å². The summed E-state index contributed by atoms with van der Waals surface area (Å²) in [7, 11) is 0. The predicted molar refractivity (Wildman–Crippen MR) is 67.7 cm³/mol. The normalized spacial score (nSPS) is 10.3. The molecule has 0 aliphatic heterocycles. The summed E-state index contributed by atoms with van der Waals surface area (Å²) in [5, 5.41) is 10.7. The maximum atomic E-state index is 10.7. The molecule has 0 aliphatic rings. The fraction of sp³-hybridized carbons (Fsp3) is 0.0909. The zero-order valence-corrected chi connectivity index (χ0v) is 9.62. The number of hydrogen-bond donors (Lipinski definition) is 2. The van der Waals surface area contributed by atoms with Crippen molar-refractivity contribution in [3.05, 3.63) is 39.9 Å². The van der Waals surface area contributed by atoms with E-state index in [9.17, 15) is 10.1 Å². The number of anilines is 2. The van der Waals surface area contributed by atoms with Crippen molar-refractivity contribution in [2.24, 2.45) is 0 Å². The van der Waals surface area contributed by atoms with E-state index in [-0.39, 0.29) is 23.1 Å². The van der Waals surface area contributed by atoms with E-state index in [0.717, 1.165) is 5.56 Å². The Bertz CT molecular complexity index is 607. The summed E-state index contributed by atoms with van der Waals surface area (Å²) in [4.78, 5) is 18.3. The molecule has 0 bridgehead atoms. The Morgan fingerprint density at radius 2 is 1.78 bits per heavy atom. The Labute approximate surface area is 103 Å². The molecule has 2 aromatic rings. The number of rotatable bonds is 2. The number of nitrogens with two attached hydrogens (primary N) is 2. The molecule has 92 valence electrons. The molecule has 1 heterocycles. The number of aromatic nitrogens is 2. The lowest BCUT2D eigenvalue weighted by Gasteiger charge is -2.06. The number of hydrogen-bond acceptors (Lipinski definition) is 6. The molecule has 0 spiro atoms. The lowest BCUT2D eigenvalue weighted by Crippen LogP contribution is -2.01. The molecule has 7 nitrogen and oxygen atoms in total. The van der Waals surface area contributed by atoms with Gasteiger partial charge in [-0.2, -0.15) is 0 Å². The molecule has 4 N–H and O–H groups in total. The van der Waals surface area contributed by atoms with Gasteiger partial charge in [-0.1, -0.05) is 6.07 Å². The van der Waals surface area contributed by atoms with Gasteiger partial charge in [0.15, 0.2) is 5.82 Å². The van der Waals surface area contributed by atoms with Gasteiger partial charge < -0.3 is 11.5 Å². The molecule has 1 aromatic carbocycles. The van der Waals surface area contributed by atoms with Gasteiger partial charge in [0, 0.05) is 23.8 Å². The maximum Gasteiger partial charge on any atom is 0.270 e. The average Bonchev–Trinajstić information content (AvgIpc) is 2.27. The Morgan fingerprint density at radius 3 is 2.33 bits per heavy atom. The monoisotopic (exact) mass is 245 g/mol. The maximum absolute atomic E-state index is 10.7. The Kier molecular flexibility index (Phi) is 2.80. The number of aryl methyl sites for hydroxylation is 1. The number of nitrogens with zero attached hydrogens (tertiary/aromatic N) is 3. The average molecular weight is 245 g/mol. The summed E-state index contributed by atoms with van der Waals surface area (Å²) in [6.07, 6.45) is 0. The molecule has 0 radical (unpaired) electrons. The van der Waals surface area contributed by atoms with Gasteiger partial charge >= 0.3 is 0 Å². The van der Waals surface area contributed by atoms with Gasteiger partial charge in [0.05, 0.1) is 4.92 Å². The van der Waals surface area contributed by atoms with Gasteiger partial charge in [-0.15, -0.1) is 0 Å². The fourth-order valence-corrected chi connectivity index (χ4v) is 1.57. The van der Waals surface area contributed by atoms with Crippen LogP contribution in [0.4, 0.5) is 17.3 Å². The standard InChI is InChI=1S/C11H11N5O2/c1-6-2-3-7(16(17)18)4-8(6)11-14-9(12)5-10(13)15-11/h2-5H,1H3,(H4,12,13,14,15). The highest BCUT2D eigenvalue weighted by molar-refractivity contribution is 5.66. The first-order valence-corrected chi connectivity index (χ1v) is 5.13. The van der Waals surface area contributed by atoms with Gasteiger partial charge in [0.2, 0.25) is 0 Å². The van der Waals surface area contributed by atoms with Gasteiger partial charge in [-0.05, 0) is 12.5 Å². The highest BCUT2D eigenvalue weighted by Gasteiger charge is 2.13. The first-order valence-electron chi connectivity index (χ1n) is 5.13. The zero-order valence-electron chi connectivity index (χ0n) is 9.62. The van der Waals surface area contributed by atoms with Crippen molar-refractivity contribution in [2.45, 2.75) is 6.92 Å². The van der Waals surface area contributed by atoms with E-state index in [1.165, 1.54) is 18.2 Å². The van der Waals surface area contributed by atoms with Gasteiger partial charge in [0.1, 0.15) is 11.6 Å². The first kappa shape index (κ1) is 11.8. The second-order valence-electron chi connectivity index (χ2n) is 3.80. The Hall–Kier alpha value is -2.70. The second kappa shape index (κ2) is 4.28. The molecule has 7 heteroatoms. The van der Waals surface area contributed by atoms with Crippen LogP contribution in [0.1, 0.15) is 5.56 Å². The molecule has 0 atom stereocenters. The molecule has 0 aliphatic carbocycles. The van der Waals surface area contributed by atoms with Crippen LogP contribution in [0, 0.1) is 17.0 Å². The van der Waals surface area contributed by atoms with E-state index in [0.29, 0.717) is 5.56 Å². The van der Waals surface area contributed by atoms with E-state index in [2.05, 4.69) is 9.97 Å². The fourth-order valence-electron chi connectivity index (χ4n) is 1.57. The van der Waals surface area contributed by atoms with Crippen LogP contribution < -0.4 is 11.5 Å². The Morgan fingerprint density at radius 1 is 1.17 bits per heavy atom. The van der Waals surface area contributed by atoms with Crippen LogP contribution >= 0.6 is 0 Å². The smallest absolute Gasteiger partial charge is 0.270 e. The summed E-state index contributed by atoms with van der Waals surface area (Å²) < 4.78 is 0. The minimum Gasteiger partial charge on any atom is -0.384 e. The minimum atomic E-state index is -0.474. The van der Waals surface area contributed by atoms with Crippen molar-refractivity contribution in [1.29, 1.82) is 0 Å². The third kappa shape index (κ3) is 2.19. The summed E-state index contributed by atoms with van der Waals surface area (Å²) in [6.45, 7) is 1.81. The summed E-state index contributed by atoms with van der Waals surface area (Å²) in [5.74, 6) is 0.737. The number of benzene rings is 1. The first-order chi connectivity index (χ1) is 8.47. The summed E-state index contributed by atoms with van der Waals surface area (Å²) in [6, 6.07) is 5.89. The van der Waals surface area contributed by atoms with Crippen LogP contribution in [0.25, 0.3) is 11.4 Å². The molecular weight excluding hydrogens is 234 g/mol. The molecule has 0 saturated carbocycles. The topological polar surface area (TPSA) is 121 Å². The van der Waals surface area contributed by atoms with E-state index >= 15 is 0 Å². The Balaban J connectivity index is 2.62. The second-order valence-corrected chi connectivity index (χ2v) is 3.80. The molecule has 0 fully saturated rings. The predicted octanol–water partition coefficient (Wildman–Crippen LogP) is 1.52. The van der Waals surface area contributed by atoms with Crippen molar-refractivity contribution in [2.75, 3.05) is 11.5 Å². The van der Waals surface area contributed by atoms with Crippen LogP contribution in [-0.2, 0) is 0 Å². The molecule has 0 amide bonds. The summed E-state index contributed by atoms with van der Waals surface area (Å²) >= 11 is 0. The summed E-state index contributed by atoms with van der Waals surface area (Å²) in [5.41, 5.74) is 12.5. The highest BCUT2D eigenvalue weighted by atomic mass is 16.6. The van der Waals surface area contributed by atoms with Gasteiger partial charge in [-0.3, -0.25) is 10.1 Å². The van der Waals surface area contributed by atoms with Crippen molar-refractivity contribution >= 4 is 17.3 Å². The third-order valence-electron chi connectivity index (χ3n) is 2.44. The van der Waals surface area contributed by atoms with Crippen molar-refractivity contribution in [1.82, 2.24) is 9.97 Å². The van der Waals surface area contributed by atoms with Crippen LogP contribution in [0.2, 0.25) is 0 Å².